The van der Waals surface area contributed by atoms with Crippen LogP contribution in [0.2, 0.25) is 0 Å². The first-order valence-corrected chi connectivity index (χ1v) is 4.00. The summed E-state index contributed by atoms with van der Waals surface area (Å²) in [6, 6.07) is -0.735. The number of amides is 2. The summed E-state index contributed by atoms with van der Waals surface area (Å²) >= 11 is 0. The van der Waals surface area contributed by atoms with Crippen molar-refractivity contribution in [3.63, 3.8) is 0 Å². The average Bonchev–Trinajstić information content (AvgIpc) is 2.51. The van der Waals surface area contributed by atoms with Crippen LogP contribution in [0.4, 0.5) is 0 Å². The van der Waals surface area contributed by atoms with E-state index in [2.05, 4.69) is 20.5 Å². The summed E-state index contributed by atoms with van der Waals surface area (Å²) in [5.41, 5.74) is 4.97. The van der Waals surface area contributed by atoms with Crippen LogP contribution in [0, 0.1) is 6.92 Å². The van der Waals surface area contributed by atoms with E-state index in [0.29, 0.717) is 5.82 Å². The van der Waals surface area contributed by atoms with Crippen molar-refractivity contribution in [2.45, 2.75) is 19.9 Å². The fourth-order valence-corrected chi connectivity index (χ4v) is 0.777. The molecule has 0 saturated carbocycles. The number of nitrogens with two attached hydrogens (primary N) is 1. The van der Waals surface area contributed by atoms with Crippen LogP contribution in [0.1, 0.15) is 23.4 Å². The molecule has 0 aromatic carbocycles. The molecule has 2 amide bonds. The predicted octanol–water partition coefficient (Wildman–Crippen LogP) is -1.28. The van der Waals surface area contributed by atoms with E-state index in [0.717, 1.165) is 0 Å². The Balaban J connectivity index is 2.63. The Bertz CT molecular complexity index is 359. The molecule has 0 radical (unpaired) electrons. The van der Waals surface area contributed by atoms with Gasteiger partial charge in [-0.25, -0.2) is 4.98 Å². The molecule has 0 aliphatic heterocycles. The van der Waals surface area contributed by atoms with Gasteiger partial charge in [0.25, 0.3) is 5.91 Å². The third-order valence-electron chi connectivity index (χ3n) is 1.57. The molecule has 0 aliphatic rings. The van der Waals surface area contributed by atoms with Gasteiger partial charge in [0, 0.05) is 0 Å². The smallest absolute Gasteiger partial charge is 0.291 e. The highest BCUT2D eigenvalue weighted by Gasteiger charge is 2.16. The van der Waals surface area contributed by atoms with Gasteiger partial charge in [-0.1, -0.05) is 0 Å². The molecule has 1 atom stereocenters. The Morgan fingerprint density at radius 2 is 2.21 bits per heavy atom. The average molecular weight is 197 g/mol. The van der Waals surface area contributed by atoms with E-state index in [-0.39, 0.29) is 5.82 Å². The molecule has 4 N–H and O–H groups in total. The van der Waals surface area contributed by atoms with Crippen LogP contribution in [0.25, 0.3) is 0 Å². The number of hydrogen-bond donors (Lipinski definition) is 3. The number of aromatic amines is 1. The van der Waals surface area contributed by atoms with Gasteiger partial charge in [0.1, 0.15) is 11.9 Å². The molecule has 14 heavy (non-hydrogen) atoms. The number of carbonyl (C=O) groups is 2. The number of rotatable bonds is 3. The first kappa shape index (κ1) is 10.2. The van der Waals surface area contributed by atoms with E-state index in [1.807, 2.05) is 0 Å². The zero-order chi connectivity index (χ0) is 10.7. The van der Waals surface area contributed by atoms with Crippen molar-refractivity contribution in [1.82, 2.24) is 20.5 Å². The molecule has 0 unspecified atom stereocenters. The maximum Gasteiger partial charge on any atom is 0.291 e. The van der Waals surface area contributed by atoms with E-state index < -0.39 is 17.9 Å². The Labute approximate surface area is 80.1 Å². The van der Waals surface area contributed by atoms with Crippen molar-refractivity contribution in [2.24, 2.45) is 5.73 Å². The van der Waals surface area contributed by atoms with Crippen LogP contribution in [-0.4, -0.2) is 33.0 Å². The van der Waals surface area contributed by atoms with Gasteiger partial charge in [0.2, 0.25) is 11.7 Å². The van der Waals surface area contributed by atoms with E-state index >= 15 is 0 Å². The normalized spacial score (nSPS) is 12.1. The van der Waals surface area contributed by atoms with Gasteiger partial charge in [0.15, 0.2) is 0 Å². The molecule has 0 saturated heterocycles. The standard InChI is InChI=1S/C7H11N5O2/c1-3(5(8)13)9-7(14)6-10-4(2)11-12-6/h3H,1-2H3,(H2,8,13)(H,9,14)(H,10,11,12)/t3-/m0/s1. The summed E-state index contributed by atoms with van der Waals surface area (Å²) in [6.07, 6.45) is 0. The van der Waals surface area contributed by atoms with E-state index in [1.54, 1.807) is 6.92 Å². The lowest BCUT2D eigenvalue weighted by molar-refractivity contribution is -0.119. The second-order valence-corrected chi connectivity index (χ2v) is 2.84. The van der Waals surface area contributed by atoms with E-state index in [1.165, 1.54) is 6.92 Å². The van der Waals surface area contributed by atoms with Gasteiger partial charge >= 0.3 is 0 Å². The van der Waals surface area contributed by atoms with Crippen LogP contribution in [-0.2, 0) is 4.79 Å². The van der Waals surface area contributed by atoms with Crippen molar-refractivity contribution in [3.8, 4) is 0 Å². The van der Waals surface area contributed by atoms with Crippen LogP contribution >= 0.6 is 0 Å². The number of nitrogens with one attached hydrogen (secondary N) is 2. The highest BCUT2D eigenvalue weighted by molar-refractivity contribution is 5.94. The monoisotopic (exact) mass is 197 g/mol. The highest BCUT2D eigenvalue weighted by Crippen LogP contribution is 1.91. The number of aryl methyl sites for hydroxylation is 1. The van der Waals surface area contributed by atoms with Crippen molar-refractivity contribution in [2.75, 3.05) is 0 Å². The third kappa shape index (κ3) is 2.28. The minimum Gasteiger partial charge on any atom is -0.368 e. The summed E-state index contributed by atoms with van der Waals surface area (Å²) in [7, 11) is 0. The molecule has 1 aromatic heterocycles. The molecule has 7 heteroatoms. The lowest BCUT2D eigenvalue weighted by Crippen LogP contribution is -2.42. The summed E-state index contributed by atoms with van der Waals surface area (Å²) in [5.74, 6) is -0.608. The second-order valence-electron chi connectivity index (χ2n) is 2.84. The first-order valence-electron chi connectivity index (χ1n) is 4.00. The summed E-state index contributed by atoms with van der Waals surface area (Å²) < 4.78 is 0. The Morgan fingerprint density at radius 3 is 2.64 bits per heavy atom. The highest BCUT2D eigenvalue weighted by atomic mass is 16.2. The zero-order valence-electron chi connectivity index (χ0n) is 7.87. The number of aromatic nitrogens is 3. The summed E-state index contributed by atoms with van der Waals surface area (Å²) in [4.78, 5) is 25.7. The van der Waals surface area contributed by atoms with Crippen LogP contribution in [0.3, 0.4) is 0 Å². The molecule has 0 bridgehead atoms. The SMILES string of the molecule is Cc1nc(C(=O)N[C@@H](C)C(N)=O)n[nH]1. The van der Waals surface area contributed by atoms with Gasteiger partial charge in [-0.3, -0.25) is 14.7 Å². The third-order valence-corrected chi connectivity index (χ3v) is 1.57. The summed E-state index contributed by atoms with van der Waals surface area (Å²) in [6.45, 7) is 3.15. The predicted molar refractivity (Wildman–Crippen MR) is 47.2 cm³/mol. The molecule has 7 nitrogen and oxygen atoms in total. The van der Waals surface area contributed by atoms with Gasteiger partial charge < -0.3 is 11.1 Å². The van der Waals surface area contributed by atoms with Gasteiger partial charge in [-0.15, -0.1) is 5.10 Å². The zero-order valence-corrected chi connectivity index (χ0v) is 7.87. The Morgan fingerprint density at radius 1 is 1.57 bits per heavy atom. The number of primary amides is 1. The lowest BCUT2D eigenvalue weighted by atomic mass is 10.3. The molecular weight excluding hydrogens is 186 g/mol. The fourth-order valence-electron chi connectivity index (χ4n) is 0.777. The molecule has 0 spiro atoms. The Kier molecular flexibility index (Phi) is 2.80. The van der Waals surface area contributed by atoms with Crippen LogP contribution in [0.15, 0.2) is 0 Å². The number of carbonyl (C=O) groups excluding carboxylic acids is 2. The molecular formula is C7H11N5O2. The fraction of sp³-hybridized carbons (Fsp3) is 0.429. The molecule has 0 fully saturated rings. The molecule has 1 rings (SSSR count). The molecule has 1 heterocycles. The van der Waals surface area contributed by atoms with Crippen LogP contribution < -0.4 is 11.1 Å². The topological polar surface area (TPSA) is 114 Å². The van der Waals surface area contributed by atoms with Gasteiger partial charge in [-0.05, 0) is 13.8 Å². The molecule has 0 aliphatic carbocycles. The van der Waals surface area contributed by atoms with Crippen molar-refractivity contribution in [1.29, 1.82) is 0 Å². The summed E-state index contributed by atoms with van der Waals surface area (Å²) in [5, 5.41) is 8.49. The first-order chi connectivity index (χ1) is 6.50. The maximum absolute atomic E-state index is 11.3. The van der Waals surface area contributed by atoms with Crippen molar-refractivity contribution in [3.05, 3.63) is 11.6 Å². The Hall–Kier alpha value is -1.92. The minimum absolute atomic E-state index is 0.00407. The molecule has 1 aromatic rings. The number of hydrogen-bond acceptors (Lipinski definition) is 4. The largest absolute Gasteiger partial charge is 0.368 e. The lowest BCUT2D eigenvalue weighted by Gasteiger charge is -2.06. The number of nitrogens with zero attached hydrogens (tertiary/aromatic N) is 2. The minimum atomic E-state index is -0.735. The van der Waals surface area contributed by atoms with E-state index in [4.69, 9.17) is 5.73 Å². The maximum atomic E-state index is 11.3. The quantitative estimate of drug-likeness (QED) is 0.559. The van der Waals surface area contributed by atoms with Crippen LogP contribution in [0.5, 0.6) is 0 Å². The van der Waals surface area contributed by atoms with E-state index in [9.17, 15) is 9.59 Å². The van der Waals surface area contributed by atoms with Gasteiger partial charge in [-0.2, -0.15) is 0 Å². The number of H-pyrrole nitrogens is 1. The van der Waals surface area contributed by atoms with Crippen molar-refractivity contribution < 1.29 is 9.59 Å². The van der Waals surface area contributed by atoms with Gasteiger partial charge in [0.05, 0.1) is 0 Å². The molecule has 76 valence electrons. The van der Waals surface area contributed by atoms with Crippen molar-refractivity contribution >= 4 is 11.8 Å². The second kappa shape index (κ2) is 3.86.